The fourth-order valence-corrected chi connectivity index (χ4v) is 4.53. The molecule has 0 bridgehead atoms. The predicted molar refractivity (Wildman–Crippen MR) is 135 cm³/mol. The molecule has 1 aliphatic rings. The quantitative estimate of drug-likeness (QED) is 0.237. The molecule has 0 amide bonds. The van der Waals surface area contributed by atoms with E-state index in [0.717, 1.165) is 11.1 Å². The minimum atomic E-state index is -0.864. The zero-order chi connectivity index (χ0) is 26.2. The third-order valence-corrected chi connectivity index (χ3v) is 6.58. The van der Waals surface area contributed by atoms with Crippen LogP contribution >= 0.6 is 15.9 Å². The van der Waals surface area contributed by atoms with Gasteiger partial charge < -0.3 is 23.7 Å². The molecule has 0 aromatic heterocycles. The van der Waals surface area contributed by atoms with Gasteiger partial charge in [0.25, 0.3) is 0 Å². The van der Waals surface area contributed by atoms with Crippen molar-refractivity contribution in [1.29, 1.82) is 0 Å². The number of esters is 1. The largest absolute Gasteiger partial charge is 0.453 e. The highest BCUT2D eigenvalue weighted by atomic mass is 79.9. The SMILES string of the molecule is CO[C@H]1O[C@H](CBr)[C@@H](OC(=O)c2ccccc2)[C@H](OCc2ccc(F)cc2)[C@H]1OCc1ccc(F)cc1. The van der Waals surface area contributed by atoms with E-state index in [4.69, 9.17) is 23.7 Å². The molecule has 6 nitrogen and oxygen atoms in total. The molecule has 0 aliphatic carbocycles. The van der Waals surface area contributed by atoms with Gasteiger partial charge in [0.1, 0.15) is 29.9 Å². The van der Waals surface area contributed by atoms with E-state index in [1.54, 1.807) is 54.6 Å². The summed E-state index contributed by atoms with van der Waals surface area (Å²) in [7, 11) is 1.48. The number of hydrogen-bond acceptors (Lipinski definition) is 6. The lowest BCUT2D eigenvalue weighted by atomic mass is 9.98. The van der Waals surface area contributed by atoms with Gasteiger partial charge in [-0.15, -0.1) is 0 Å². The van der Waals surface area contributed by atoms with Gasteiger partial charge in [-0.05, 0) is 47.5 Å². The van der Waals surface area contributed by atoms with E-state index in [1.165, 1.54) is 31.4 Å². The molecule has 0 unspecified atom stereocenters. The van der Waals surface area contributed by atoms with Gasteiger partial charge in [-0.1, -0.05) is 58.4 Å². The molecule has 3 aromatic rings. The molecule has 5 atom stereocenters. The molecule has 3 aromatic carbocycles. The predicted octanol–water partition coefficient (Wildman–Crippen LogP) is 5.43. The molecule has 0 N–H and O–H groups in total. The Morgan fingerprint density at radius 1 is 0.811 bits per heavy atom. The lowest BCUT2D eigenvalue weighted by Crippen LogP contribution is -2.61. The summed E-state index contributed by atoms with van der Waals surface area (Å²) < 4.78 is 56.8. The van der Waals surface area contributed by atoms with E-state index >= 15 is 0 Å². The lowest BCUT2D eigenvalue weighted by Gasteiger charge is -2.44. The highest BCUT2D eigenvalue weighted by molar-refractivity contribution is 9.09. The number of benzene rings is 3. The molecule has 1 fully saturated rings. The highest BCUT2D eigenvalue weighted by Crippen LogP contribution is 2.31. The molecule has 37 heavy (non-hydrogen) atoms. The smallest absolute Gasteiger partial charge is 0.338 e. The van der Waals surface area contributed by atoms with Crippen molar-refractivity contribution in [3.8, 4) is 0 Å². The van der Waals surface area contributed by atoms with Crippen LogP contribution in [0.15, 0.2) is 78.9 Å². The summed E-state index contributed by atoms with van der Waals surface area (Å²) in [6.07, 6.45) is -3.93. The van der Waals surface area contributed by atoms with E-state index < -0.39 is 36.7 Å². The van der Waals surface area contributed by atoms with Crippen molar-refractivity contribution in [3.05, 3.63) is 107 Å². The van der Waals surface area contributed by atoms with Crippen molar-refractivity contribution >= 4 is 21.9 Å². The van der Waals surface area contributed by atoms with Crippen LogP contribution in [0.4, 0.5) is 8.78 Å². The van der Waals surface area contributed by atoms with Crippen molar-refractivity contribution in [3.63, 3.8) is 0 Å². The number of rotatable bonds is 10. The number of alkyl halides is 1. The molecule has 9 heteroatoms. The van der Waals surface area contributed by atoms with Gasteiger partial charge >= 0.3 is 5.97 Å². The maximum absolute atomic E-state index is 13.4. The fraction of sp³-hybridized carbons (Fsp3) is 0.321. The first-order valence-electron chi connectivity index (χ1n) is 11.7. The van der Waals surface area contributed by atoms with E-state index in [0.29, 0.717) is 10.9 Å². The van der Waals surface area contributed by atoms with Crippen LogP contribution in [0.1, 0.15) is 21.5 Å². The third kappa shape index (κ3) is 7.21. The number of carbonyl (C=O) groups excluding carboxylic acids is 1. The van der Waals surface area contributed by atoms with Crippen molar-refractivity contribution in [1.82, 2.24) is 0 Å². The Balaban J connectivity index is 1.60. The molecule has 1 aliphatic heterocycles. The van der Waals surface area contributed by atoms with Crippen molar-refractivity contribution in [2.24, 2.45) is 0 Å². The van der Waals surface area contributed by atoms with Crippen LogP contribution in [0.3, 0.4) is 0 Å². The minimum absolute atomic E-state index is 0.103. The molecular formula is C28H27BrF2O6. The van der Waals surface area contributed by atoms with Gasteiger partial charge in [-0.25, -0.2) is 13.6 Å². The van der Waals surface area contributed by atoms with E-state index in [9.17, 15) is 13.6 Å². The second-order valence-electron chi connectivity index (χ2n) is 8.47. The number of carbonyl (C=O) groups is 1. The van der Waals surface area contributed by atoms with Gasteiger partial charge in [0.05, 0.1) is 18.8 Å². The summed E-state index contributed by atoms with van der Waals surface area (Å²) in [4.78, 5) is 13.0. The minimum Gasteiger partial charge on any atom is -0.453 e. The first-order chi connectivity index (χ1) is 18.0. The van der Waals surface area contributed by atoms with Crippen LogP contribution in [-0.2, 0) is 36.9 Å². The van der Waals surface area contributed by atoms with Gasteiger partial charge in [0.15, 0.2) is 12.4 Å². The normalized spacial score (nSPS) is 23.5. The molecular weight excluding hydrogens is 550 g/mol. The summed E-state index contributed by atoms with van der Waals surface area (Å²) >= 11 is 3.44. The topological polar surface area (TPSA) is 63.2 Å². The van der Waals surface area contributed by atoms with Crippen LogP contribution in [0.5, 0.6) is 0 Å². The van der Waals surface area contributed by atoms with Crippen LogP contribution in [0.25, 0.3) is 0 Å². The zero-order valence-corrected chi connectivity index (χ0v) is 21.7. The van der Waals surface area contributed by atoms with Crippen LogP contribution in [-0.4, -0.2) is 49.1 Å². The Bertz CT molecular complexity index is 1130. The van der Waals surface area contributed by atoms with Gasteiger partial charge in [-0.3, -0.25) is 0 Å². The highest BCUT2D eigenvalue weighted by Gasteiger charge is 2.49. The Kier molecular flexibility index (Phi) is 9.76. The summed E-state index contributed by atoms with van der Waals surface area (Å²) in [5.74, 6) is -1.25. The standard InChI is InChI=1S/C28H27BrF2O6/c1-33-28-26(35-17-19-9-13-22(31)14-10-19)25(34-16-18-7-11-21(30)12-8-18)24(23(15-29)36-28)37-27(32)20-5-3-2-4-6-20/h2-14,23-26,28H,15-17H2,1H3/t23-,24-,25+,26-,28+/m1/s1. The van der Waals surface area contributed by atoms with E-state index in [2.05, 4.69) is 15.9 Å². The molecule has 0 spiro atoms. The number of halogens is 3. The molecule has 1 saturated heterocycles. The Labute approximate surface area is 222 Å². The lowest BCUT2D eigenvalue weighted by molar-refractivity contribution is -0.305. The summed E-state index contributed by atoms with van der Waals surface area (Å²) in [6, 6.07) is 20.4. The van der Waals surface area contributed by atoms with Gasteiger partial charge in [0.2, 0.25) is 0 Å². The number of methoxy groups -OCH3 is 1. The summed E-state index contributed by atoms with van der Waals surface area (Å²) in [6.45, 7) is 0.217. The first-order valence-corrected chi connectivity index (χ1v) is 12.8. The monoisotopic (exact) mass is 576 g/mol. The van der Waals surface area contributed by atoms with Crippen molar-refractivity contribution in [2.75, 3.05) is 12.4 Å². The van der Waals surface area contributed by atoms with Gasteiger partial charge in [0, 0.05) is 12.4 Å². The fourth-order valence-electron chi connectivity index (χ4n) is 4.01. The van der Waals surface area contributed by atoms with Crippen LogP contribution in [0, 0.1) is 11.6 Å². The average molecular weight is 577 g/mol. The van der Waals surface area contributed by atoms with Crippen LogP contribution < -0.4 is 0 Å². The maximum atomic E-state index is 13.4. The Morgan fingerprint density at radius 2 is 1.35 bits per heavy atom. The third-order valence-electron chi connectivity index (χ3n) is 5.94. The zero-order valence-electron chi connectivity index (χ0n) is 20.1. The van der Waals surface area contributed by atoms with E-state index in [-0.39, 0.29) is 24.8 Å². The van der Waals surface area contributed by atoms with E-state index in [1.807, 2.05) is 0 Å². The molecule has 4 rings (SSSR count). The van der Waals surface area contributed by atoms with Crippen LogP contribution in [0.2, 0.25) is 0 Å². The Morgan fingerprint density at radius 3 is 1.86 bits per heavy atom. The number of ether oxygens (including phenoxy) is 5. The molecule has 0 saturated carbocycles. The van der Waals surface area contributed by atoms with Crippen molar-refractivity contribution < 1.29 is 37.3 Å². The molecule has 1 heterocycles. The van der Waals surface area contributed by atoms with Crippen molar-refractivity contribution in [2.45, 2.75) is 43.9 Å². The maximum Gasteiger partial charge on any atom is 0.338 e. The summed E-state index contributed by atoms with van der Waals surface area (Å²) in [5, 5.41) is 0.334. The average Bonchev–Trinajstić information content (AvgIpc) is 2.93. The van der Waals surface area contributed by atoms with Gasteiger partial charge in [-0.2, -0.15) is 0 Å². The second-order valence-corrected chi connectivity index (χ2v) is 9.12. The number of hydrogen-bond donors (Lipinski definition) is 0. The first kappa shape index (κ1) is 27.3. The summed E-state index contributed by atoms with van der Waals surface area (Å²) in [5.41, 5.74) is 1.84. The molecule has 0 radical (unpaired) electrons. The molecule has 196 valence electrons. The Hall–Kier alpha value is -2.69. The second kappa shape index (κ2) is 13.2.